The summed E-state index contributed by atoms with van der Waals surface area (Å²) in [6.07, 6.45) is -1.74. The minimum atomic E-state index is -4.75. The predicted molar refractivity (Wildman–Crippen MR) is 131 cm³/mol. The number of halogens is 3. The highest BCUT2D eigenvalue weighted by molar-refractivity contribution is 5.99. The van der Waals surface area contributed by atoms with Crippen LogP contribution in [0, 0.1) is 6.92 Å². The molecule has 0 radical (unpaired) electrons. The number of amides is 2. The molecule has 200 valence electrons. The molecular weight excluding hydrogens is 517 g/mol. The zero-order valence-corrected chi connectivity index (χ0v) is 20.4. The van der Waals surface area contributed by atoms with Crippen LogP contribution >= 0.6 is 0 Å². The lowest BCUT2D eigenvalue weighted by atomic mass is 9.99. The van der Waals surface area contributed by atoms with Crippen molar-refractivity contribution in [2.24, 2.45) is 4.99 Å². The number of aromatic nitrogens is 3. The molecule has 10 nitrogen and oxygen atoms in total. The van der Waals surface area contributed by atoms with E-state index >= 15 is 0 Å². The van der Waals surface area contributed by atoms with E-state index in [-0.39, 0.29) is 30.4 Å². The largest absolute Gasteiger partial charge is 0.861 e. The van der Waals surface area contributed by atoms with Gasteiger partial charge in [-0.05, 0) is 53.4 Å². The highest BCUT2D eigenvalue weighted by atomic mass is 19.4. The van der Waals surface area contributed by atoms with Crippen molar-refractivity contribution in [3.05, 3.63) is 89.4 Å². The molecular formula is C26H21F3N6O4. The Morgan fingerprint density at radius 3 is 2.79 bits per heavy atom. The molecule has 3 heterocycles. The standard InChI is InChI=1S/C26H21F3N6O4/c1-15-5-4-7-20-21(14-38-23(15)20)24(36)31-18-9-16(26(27,28)29)10-19(11-18)32-25(37)33-22-13-35(34-39-22)12-17-6-2-3-8-30-17/h2-11,13,21H,12,14H2,1H3,(H2-,31,32,33,34,36,37). The molecule has 2 amide bonds. The maximum atomic E-state index is 13.6. The summed E-state index contributed by atoms with van der Waals surface area (Å²) in [7, 11) is 0. The van der Waals surface area contributed by atoms with Crippen molar-refractivity contribution < 1.29 is 37.0 Å². The Bertz CT molecular complexity index is 1540. The summed E-state index contributed by atoms with van der Waals surface area (Å²) in [5, 5.41) is 21.3. The molecule has 0 bridgehead atoms. The number of para-hydroxylation sites is 1. The SMILES string of the molecule is Cc1cccc2c1OCC2C([O-])=Nc1cc(NC(=O)Nc2c[n+](Cc3ccccn3)no2)cc(C(F)(F)F)c1. The topological polar surface area (TPSA) is 129 Å². The van der Waals surface area contributed by atoms with E-state index in [0.717, 1.165) is 17.7 Å². The lowest BCUT2D eigenvalue weighted by Crippen LogP contribution is -2.35. The average Bonchev–Trinajstić information content (AvgIpc) is 3.51. The quantitative estimate of drug-likeness (QED) is 0.217. The van der Waals surface area contributed by atoms with Gasteiger partial charge in [-0.25, -0.2) is 4.79 Å². The molecule has 0 spiro atoms. The molecule has 0 fully saturated rings. The molecule has 39 heavy (non-hydrogen) atoms. The van der Waals surface area contributed by atoms with Crippen molar-refractivity contribution in [3.8, 4) is 5.75 Å². The van der Waals surface area contributed by atoms with E-state index in [1.165, 1.54) is 16.9 Å². The fourth-order valence-corrected chi connectivity index (χ4v) is 4.06. The molecule has 2 aromatic heterocycles. The van der Waals surface area contributed by atoms with Gasteiger partial charge < -0.3 is 15.2 Å². The van der Waals surface area contributed by atoms with Crippen molar-refractivity contribution >= 4 is 29.2 Å². The average molecular weight is 538 g/mol. The number of aliphatic imine (C=N–C) groups is 1. The molecule has 1 unspecified atom stereocenters. The highest BCUT2D eigenvalue weighted by Gasteiger charge is 2.32. The predicted octanol–water partition coefficient (Wildman–Crippen LogP) is 3.94. The number of carbonyl (C=O) groups excluding carboxylic acids is 1. The molecule has 1 atom stereocenters. The van der Waals surface area contributed by atoms with Gasteiger partial charge in [0.1, 0.15) is 11.4 Å². The number of aryl methyl sites for hydroxylation is 1. The van der Waals surface area contributed by atoms with Crippen LogP contribution in [0.4, 0.5) is 35.2 Å². The van der Waals surface area contributed by atoms with Crippen LogP contribution in [0.15, 0.2) is 76.5 Å². The number of anilines is 2. The summed E-state index contributed by atoms with van der Waals surface area (Å²) in [6, 6.07) is 12.4. The molecule has 0 saturated heterocycles. The van der Waals surface area contributed by atoms with Crippen molar-refractivity contribution in [1.82, 2.24) is 10.3 Å². The van der Waals surface area contributed by atoms with E-state index in [0.29, 0.717) is 17.0 Å². The van der Waals surface area contributed by atoms with E-state index in [1.807, 2.05) is 13.0 Å². The number of rotatable bonds is 6. The zero-order chi connectivity index (χ0) is 27.6. The van der Waals surface area contributed by atoms with Crippen LogP contribution in [0.3, 0.4) is 0 Å². The Hall–Kier alpha value is -4.94. The Morgan fingerprint density at radius 2 is 2.03 bits per heavy atom. The fraction of sp³-hybridized carbons (Fsp3) is 0.192. The summed E-state index contributed by atoms with van der Waals surface area (Å²) in [4.78, 5) is 20.6. The molecule has 1 aliphatic rings. The molecule has 5 rings (SSSR count). The van der Waals surface area contributed by atoms with E-state index in [2.05, 4.69) is 25.9 Å². The Labute approximate surface area is 219 Å². The Morgan fingerprint density at radius 1 is 1.18 bits per heavy atom. The number of fused-ring (bicyclic) bond motifs is 1. The number of hydrogen-bond donors (Lipinski definition) is 2. The number of carbonyl (C=O) groups is 1. The normalized spacial score (nSPS) is 15.0. The summed E-state index contributed by atoms with van der Waals surface area (Å²) in [5.41, 5.74) is 0.588. The van der Waals surface area contributed by atoms with Crippen LogP contribution in [0.5, 0.6) is 5.75 Å². The van der Waals surface area contributed by atoms with Crippen LogP contribution in [0.25, 0.3) is 0 Å². The Kier molecular flexibility index (Phi) is 6.88. The number of benzene rings is 2. The second-order valence-corrected chi connectivity index (χ2v) is 8.74. The van der Waals surface area contributed by atoms with Gasteiger partial charge in [0.25, 0.3) is 6.20 Å². The maximum Gasteiger partial charge on any atom is 0.416 e. The van der Waals surface area contributed by atoms with Crippen LogP contribution in [0.2, 0.25) is 0 Å². The monoisotopic (exact) mass is 538 g/mol. The third-order valence-corrected chi connectivity index (χ3v) is 5.85. The molecule has 4 aromatic rings. The van der Waals surface area contributed by atoms with Gasteiger partial charge in [-0.15, -0.1) is 0 Å². The number of ether oxygens (including phenoxy) is 1. The first-order chi connectivity index (χ1) is 18.7. The van der Waals surface area contributed by atoms with Gasteiger partial charge in [0.2, 0.25) is 11.8 Å². The lowest BCUT2D eigenvalue weighted by Gasteiger charge is -2.18. The molecule has 1 aliphatic heterocycles. The molecule has 13 heteroatoms. The second-order valence-electron chi connectivity index (χ2n) is 8.74. The second kappa shape index (κ2) is 10.4. The third kappa shape index (κ3) is 5.98. The van der Waals surface area contributed by atoms with Crippen LogP contribution in [-0.4, -0.2) is 28.8 Å². The Balaban J connectivity index is 1.33. The van der Waals surface area contributed by atoms with Gasteiger partial charge in [0, 0.05) is 23.4 Å². The van der Waals surface area contributed by atoms with Crippen LogP contribution < -0.4 is 25.2 Å². The summed E-state index contributed by atoms with van der Waals surface area (Å²) in [6.45, 7) is 2.14. The summed E-state index contributed by atoms with van der Waals surface area (Å²) >= 11 is 0. The van der Waals surface area contributed by atoms with E-state index in [9.17, 15) is 23.1 Å². The fourth-order valence-electron chi connectivity index (χ4n) is 4.06. The highest BCUT2D eigenvalue weighted by Crippen LogP contribution is 2.38. The number of nitrogens with one attached hydrogen (secondary N) is 2. The van der Waals surface area contributed by atoms with Gasteiger partial charge in [-0.2, -0.15) is 13.2 Å². The summed E-state index contributed by atoms with van der Waals surface area (Å²) < 4.78 is 52.8. The molecule has 0 saturated carbocycles. The van der Waals surface area contributed by atoms with E-state index in [4.69, 9.17) is 9.26 Å². The first-order valence-corrected chi connectivity index (χ1v) is 11.7. The number of nitrogens with zero attached hydrogens (tertiary/aromatic N) is 4. The number of pyridine rings is 1. The lowest BCUT2D eigenvalue weighted by molar-refractivity contribution is -0.755. The minimum Gasteiger partial charge on any atom is -0.861 e. The maximum absolute atomic E-state index is 13.6. The van der Waals surface area contributed by atoms with Gasteiger partial charge in [-0.3, -0.25) is 19.8 Å². The van der Waals surface area contributed by atoms with E-state index in [1.54, 1.807) is 36.5 Å². The van der Waals surface area contributed by atoms with Gasteiger partial charge in [-0.1, -0.05) is 24.3 Å². The van der Waals surface area contributed by atoms with Crippen molar-refractivity contribution in [3.63, 3.8) is 0 Å². The van der Waals surface area contributed by atoms with Gasteiger partial charge >= 0.3 is 18.1 Å². The van der Waals surface area contributed by atoms with Gasteiger partial charge in [0.15, 0.2) is 0 Å². The van der Waals surface area contributed by atoms with E-state index < -0.39 is 29.6 Å². The third-order valence-electron chi connectivity index (χ3n) is 5.85. The summed E-state index contributed by atoms with van der Waals surface area (Å²) in [5.74, 6) is -0.889. The van der Waals surface area contributed by atoms with Crippen LogP contribution in [-0.2, 0) is 12.7 Å². The van der Waals surface area contributed by atoms with Gasteiger partial charge in [0.05, 0.1) is 17.9 Å². The number of alkyl halides is 3. The first kappa shape index (κ1) is 25.7. The molecule has 0 aliphatic carbocycles. The first-order valence-electron chi connectivity index (χ1n) is 11.7. The number of urea groups is 1. The zero-order valence-electron chi connectivity index (χ0n) is 20.4. The smallest absolute Gasteiger partial charge is 0.416 e. The minimum absolute atomic E-state index is 0.0342. The van der Waals surface area contributed by atoms with Crippen molar-refractivity contribution in [2.75, 3.05) is 17.2 Å². The molecule has 2 N–H and O–H groups in total. The van der Waals surface area contributed by atoms with Crippen LogP contribution in [0.1, 0.15) is 28.3 Å². The van der Waals surface area contributed by atoms with Crippen molar-refractivity contribution in [2.45, 2.75) is 25.6 Å². The van der Waals surface area contributed by atoms with Crippen molar-refractivity contribution in [1.29, 1.82) is 0 Å². The molecule has 2 aromatic carbocycles. The number of hydrogen-bond acceptors (Lipinski definition) is 7.